The third-order valence-electron chi connectivity index (χ3n) is 3.55. The molecule has 1 atom stereocenters. The normalized spacial score (nSPS) is 16.4. The summed E-state index contributed by atoms with van der Waals surface area (Å²) in [5, 5.41) is 0. The van der Waals surface area contributed by atoms with E-state index < -0.39 is 21.2 Å². The maximum Gasteiger partial charge on any atom is 0.520 e. The molecule has 0 aliphatic heterocycles. The summed E-state index contributed by atoms with van der Waals surface area (Å²) in [6.45, 7) is 14.7. The standard InChI is InChI=1S/C15H35O6PSi/c1-9-11-15(10-2,22(16,17)18)23(19-12(3)4,20-13(5)6)21-14(7)8/h12-14H,9-11H2,1-8H3,(H2,16,17,18). The first-order chi connectivity index (χ1) is 10.4. The van der Waals surface area contributed by atoms with Crippen LogP contribution in [0.25, 0.3) is 0 Å². The largest absolute Gasteiger partial charge is 0.520 e. The monoisotopic (exact) mass is 370 g/mol. The van der Waals surface area contributed by atoms with E-state index in [4.69, 9.17) is 13.3 Å². The predicted octanol–water partition coefficient (Wildman–Crippen LogP) is 3.87. The van der Waals surface area contributed by atoms with Crippen molar-refractivity contribution in [1.29, 1.82) is 0 Å². The highest BCUT2D eigenvalue weighted by molar-refractivity contribution is 7.56. The van der Waals surface area contributed by atoms with Gasteiger partial charge in [0.25, 0.3) is 0 Å². The zero-order valence-electron chi connectivity index (χ0n) is 15.8. The second-order valence-corrected chi connectivity index (χ2v) is 11.9. The quantitative estimate of drug-likeness (QED) is 0.424. The summed E-state index contributed by atoms with van der Waals surface area (Å²) in [6.07, 6.45) is 0.378. The molecule has 0 fully saturated rings. The van der Waals surface area contributed by atoms with Crippen molar-refractivity contribution in [3.8, 4) is 0 Å². The fourth-order valence-corrected chi connectivity index (χ4v) is 9.34. The van der Waals surface area contributed by atoms with E-state index >= 15 is 0 Å². The van der Waals surface area contributed by atoms with Crippen LogP contribution in [0, 0.1) is 0 Å². The Labute approximate surface area is 142 Å². The molecule has 0 aliphatic rings. The van der Waals surface area contributed by atoms with Gasteiger partial charge in [0.2, 0.25) is 0 Å². The highest BCUT2D eigenvalue weighted by Gasteiger charge is 2.69. The average Bonchev–Trinajstić information content (AvgIpc) is 2.31. The van der Waals surface area contributed by atoms with Gasteiger partial charge in [-0.3, -0.25) is 4.57 Å². The summed E-state index contributed by atoms with van der Waals surface area (Å²) < 4.78 is 29.4. The zero-order chi connectivity index (χ0) is 18.5. The summed E-state index contributed by atoms with van der Waals surface area (Å²) in [5.41, 5.74) is 0. The minimum absolute atomic E-state index is 0.240. The second-order valence-electron chi connectivity index (χ2n) is 6.74. The molecular formula is C15H35O6PSi. The molecular weight excluding hydrogens is 335 g/mol. The lowest BCUT2D eigenvalue weighted by Gasteiger charge is -2.47. The van der Waals surface area contributed by atoms with Gasteiger partial charge >= 0.3 is 16.4 Å². The molecule has 0 radical (unpaired) electrons. The maximum absolute atomic E-state index is 12.6. The van der Waals surface area contributed by atoms with Crippen LogP contribution in [0.1, 0.15) is 74.7 Å². The van der Waals surface area contributed by atoms with Crippen molar-refractivity contribution in [2.75, 3.05) is 0 Å². The maximum atomic E-state index is 12.6. The third-order valence-corrected chi connectivity index (χ3v) is 11.0. The number of hydrogen-bond acceptors (Lipinski definition) is 4. The average molecular weight is 370 g/mol. The van der Waals surface area contributed by atoms with Crippen LogP contribution in [-0.4, -0.2) is 41.7 Å². The Balaban J connectivity index is 6.42. The smallest absolute Gasteiger partial charge is 0.370 e. The van der Waals surface area contributed by atoms with Gasteiger partial charge in [-0.1, -0.05) is 20.3 Å². The highest BCUT2D eigenvalue weighted by Crippen LogP contribution is 2.60. The summed E-state index contributed by atoms with van der Waals surface area (Å²) in [4.78, 5) is 20.5. The minimum Gasteiger partial charge on any atom is -0.370 e. The topological polar surface area (TPSA) is 85.2 Å². The van der Waals surface area contributed by atoms with Crippen molar-refractivity contribution in [1.82, 2.24) is 0 Å². The molecule has 140 valence electrons. The lowest BCUT2D eigenvalue weighted by Crippen LogP contribution is -2.67. The van der Waals surface area contributed by atoms with Crippen LogP contribution in [0.3, 0.4) is 0 Å². The summed E-state index contributed by atoms with van der Waals surface area (Å²) in [7, 11) is -8.21. The molecule has 8 heteroatoms. The van der Waals surface area contributed by atoms with Gasteiger partial charge in [0.1, 0.15) is 4.78 Å². The van der Waals surface area contributed by atoms with E-state index in [1.54, 1.807) is 6.92 Å². The molecule has 0 saturated carbocycles. The van der Waals surface area contributed by atoms with Gasteiger partial charge < -0.3 is 23.1 Å². The molecule has 0 heterocycles. The summed E-state index contributed by atoms with van der Waals surface area (Å²) >= 11 is 0. The van der Waals surface area contributed by atoms with Gasteiger partial charge in [0.15, 0.2) is 0 Å². The van der Waals surface area contributed by atoms with E-state index in [0.29, 0.717) is 12.8 Å². The predicted molar refractivity (Wildman–Crippen MR) is 94.4 cm³/mol. The first kappa shape index (κ1) is 23.2. The Bertz CT molecular complexity index is 369. The van der Waals surface area contributed by atoms with Crippen LogP contribution in [0.15, 0.2) is 0 Å². The van der Waals surface area contributed by atoms with Crippen LogP contribution >= 0.6 is 7.60 Å². The molecule has 0 saturated heterocycles. The van der Waals surface area contributed by atoms with E-state index in [2.05, 4.69) is 0 Å². The Kier molecular flexibility index (Phi) is 9.18. The van der Waals surface area contributed by atoms with Gasteiger partial charge in [-0.05, 0) is 54.4 Å². The summed E-state index contributed by atoms with van der Waals surface area (Å²) in [5.74, 6) is 0. The first-order valence-electron chi connectivity index (χ1n) is 8.46. The van der Waals surface area contributed by atoms with Crippen LogP contribution in [-0.2, 0) is 17.8 Å². The van der Waals surface area contributed by atoms with Crippen LogP contribution in [0.4, 0.5) is 0 Å². The Hall–Kier alpha value is 0.247. The fourth-order valence-electron chi connectivity index (χ4n) is 2.83. The van der Waals surface area contributed by atoms with E-state index in [-0.39, 0.29) is 24.7 Å². The van der Waals surface area contributed by atoms with Gasteiger partial charge in [0.05, 0.1) is 0 Å². The molecule has 0 rings (SSSR count). The van der Waals surface area contributed by atoms with E-state index in [9.17, 15) is 14.4 Å². The van der Waals surface area contributed by atoms with Gasteiger partial charge in [-0.2, -0.15) is 0 Å². The molecule has 0 aromatic heterocycles. The molecule has 0 spiro atoms. The minimum atomic E-state index is -4.53. The number of hydrogen-bond donors (Lipinski definition) is 2. The third kappa shape index (κ3) is 5.63. The van der Waals surface area contributed by atoms with Crippen molar-refractivity contribution in [2.45, 2.75) is 97.7 Å². The highest BCUT2D eigenvalue weighted by atomic mass is 31.2. The van der Waals surface area contributed by atoms with Crippen LogP contribution in [0.2, 0.25) is 0 Å². The van der Waals surface area contributed by atoms with E-state index in [0.717, 1.165) is 0 Å². The van der Waals surface area contributed by atoms with Gasteiger partial charge in [-0.25, -0.2) is 0 Å². The van der Waals surface area contributed by atoms with Crippen molar-refractivity contribution >= 4 is 16.4 Å². The van der Waals surface area contributed by atoms with Crippen molar-refractivity contribution in [3.63, 3.8) is 0 Å². The lowest BCUT2D eigenvalue weighted by molar-refractivity contribution is -0.0122. The summed E-state index contributed by atoms with van der Waals surface area (Å²) in [6, 6.07) is 0. The Morgan fingerprint density at radius 2 is 1.26 bits per heavy atom. The van der Waals surface area contributed by atoms with Crippen molar-refractivity contribution in [3.05, 3.63) is 0 Å². The van der Waals surface area contributed by atoms with Gasteiger partial charge in [0, 0.05) is 18.3 Å². The van der Waals surface area contributed by atoms with Crippen molar-refractivity contribution in [2.24, 2.45) is 0 Å². The molecule has 6 nitrogen and oxygen atoms in total. The molecule has 0 aromatic rings. The van der Waals surface area contributed by atoms with Crippen LogP contribution < -0.4 is 0 Å². The molecule has 1 unspecified atom stereocenters. The molecule has 0 aliphatic carbocycles. The second kappa shape index (κ2) is 9.09. The fraction of sp³-hybridized carbons (Fsp3) is 1.00. The molecule has 23 heavy (non-hydrogen) atoms. The lowest BCUT2D eigenvalue weighted by atomic mass is 10.2. The Morgan fingerprint density at radius 1 is 0.913 bits per heavy atom. The zero-order valence-corrected chi connectivity index (χ0v) is 17.7. The molecule has 0 amide bonds. The van der Waals surface area contributed by atoms with E-state index in [1.165, 1.54) is 0 Å². The number of rotatable bonds is 11. The van der Waals surface area contributed by atoms with E-state index in [1.807, 2.05) is 48.5 Å². The first-order valence-corrected chi connectivity index (χ1v) is 11.8. The molecule has 2 N–H and O–H groups in total. The molecule has 0 aromatic carbocycles. The Morgan fingerprint density at radius 3 is 1.43 bits per heavy atom. The van der Waals surface area contributed by atoms with Gasteiger partial charge in [-0.15, -0.1) is 0 Å². The van der Waals surface area contributed by atoms with Crippen molar-refractivity contribution < 1.29 is 27.6 Å². The molecule has 0 bridgehead atoms. The van der Waals surface area contributed by atoms with Crippen LogP contribution in [0.5, 0.6) is 0 Å². The SMILES string of the molecule is CCCC(CC)([Si](OC(C)C)(OC(C)C)OC(C)C)P(=O)(O)O.